The van der Waals surface area contributed by atoms with Crippen LogP contribution in [0.25, 0.3) is 0 Å². The van der Waals surface area contributed by atoms with Gasteiger partial charge in [-0.3, -0.25) is 9.59 Å². The summed E-state index contributed by atoms with van der Waals surface area (Å²) in [5.74, 6) is 0.987. The zero-order valence-corrected chi connectivity index (χ0v) is 12.4. The van der Waals surface area contributed by atoms with Gasteiger partial charge in [-0.1, -0.05) is 26.7 Å². The fourth-order valence-corrected chi connectivity index (χ4v) is 2.97. The third-order valence-corrected chi connectivity index (χ3v) is 4.80. The van der Waals surface area contributed by atoms with Crippen molar-refractivity contribution in [2.24, 2.45) is 5.92 Å². The normalized spacial score (nSPS) is 26.5. The number of nitrogens with one attached hydrogen (secondary N) is 1. The maximum atomic E-state index is 12.7. The minimum Gasteiger partial charge on any atom is -0.340 e. The Hall–Kier alpha value is -1.06. The number of carbonyl (C=O) groups excluding carboxylic acids is 2. The zero-order valence-electron chi connectivity index (χ0n) is 12.4. The molecule has 1 atom stereocenters. The smallest absolute Gasteiger partial charge is 0.248 e. The lowest BCUT2D eigenvalue weighted by Crippen LogP contribution is -2.69. The van der Waals surface area contributed by atoms with E-state index in [9.17, 15) is 9.59 Å². The molecule has 0 aromatic heterocycles. The average molecular weight is 266 g/mol. The molecule has 1 heterocycles. The first-order valence-electron chi connectivity index (χ1n) is 7.67. The molecule has 1 aliphatic carbocycles. The largest absolute Gasteiger partial charge is 0.340 e. The first kappa shape index (κ1) is 14.4. The van der Waals surface area contributed by atoms with Crippen LogP contribution in [0.3, 0.4) is 0 Å². The van der Waals surface area contributed by atoms with Gasteiger partial charge in [0, 0.05) is 6.54 Å². The highest BCUT2D eigenvalue weighted by Crippen LogP contribution is 2.34. The topological polar surface area (TPSA) is 49.4 Å². The van der Waals surface area contributed by atoms with Crippen LogP contribution in [0.15, 0.2) is 0 Å². The van der Waals surface area contributed by atoms with E-state index < -0.39 is 5.54 Å². The number of hydrogen-bond acceptors (Lipinski definition) is 2. The summed E-state index contributed by atoms with van der Waals surface area (Å²) in [6.07, 6.45) is 6.25. The monoisotopic (exact) mass is 266 g/mol. The predicted molar refractivity (Wildman–Crippen MR) is 74.6 cm³/mol. The van der Waals surface area contributed by atoms with Crippen molar-refractivity contribution in [3.8, 4) is 0 Å². The summed E-state index contributed by atoms with van der Waals surface area (Å²) in [4.78, 5) is 26.6. The van der Waals surface area contributed by atoms with Gasteiger partial charge in [0.25, 0.3) is 0 Å². The van der Waals surface area contributed by atoms with Gasteiger partial charge < -0.3 is 10.2 Å². The molecular formula is C15H26N2O2. The predicted octanol–water partition coefficient (Wildman–Crippen LogP) is 2.08. The molecular weight excluding hydrogens is 240 g/mol. The van der Waals surface area contributed by atoms with Crippen molar-refractivity contribution in [2.75, 3.05) is 6.54 Å². The van der Waals surface area contributed by atoms with E-state index in [1.54, 1.807) is 4.90 Å². The number of nitrogens with zero attached hydrogens (tertiary/aromatic N) is 1. The Kier molecular flexibility index (Phi) is 4.16. The molecule has 4 nitrogen and oxygen atoms in total. The first-order chi connectivity index (χ1) is 9.04. The minimum atomic E-state index is -0.664. The van der Waals surface area contributed by atoms with Crippen molar-refractivity contribution < 1.29 is 9.59 Å². The Morgan fingerprint density at radius 1 is 1.26 bits per heavy atom. The fourth-order valence-electron chi connectivity index (χ4n) is 2.97. The molecule has 1 unspecified atom stereocenters. The molecule has 1 aliphatic heterocycles. The summed E-state index contributed by atoms with van der Waals surface area (Å²) in [6.45, 7) is 6.51. The van der Waals surface area contributed by atoms with E-state index in [0.29, 0.717) is 12.8 Å². The van der Waals surface area contributed by atoms with E-state index in [2.05, 4.69) is 5.32 Å². The molecule has 0 aromatic carbocycles. The van der Waals surface area contributed by atoms with E-state index in [-0.39, 0.29) is 17.9 Å². The van der Waals surface area contributed by atoms with Crippen molar-refractivity contribution in [3.63, 3.8) is 0 Å². The van der Waals surface area contributed by atoms with Crippen LogP contribution in [0.5, 0.6) is 0 Å². The molecule has 0 spiro atoms. The summed E-state index contributed by atoms with van der Waals surface area (Å²) in [5.41, 5.74) is -0.664. The van der Waals surface area contributed by atoms with Gasteiger partial charge in [0.1, 0.15) is 11.6 Å². The van der Waals surface area contributed by atoms with Crippen LogP contribution in [0.4, 0.5) is 0 Å². The maximum Gasteiger partial charge on any atom is 0.248 e. The first-order valence-corrected chi connectivity index (χ1v) is 7.67. The van der Waals surface area contributed by atoms with Crippen LogP contribution < -0.4 is 5.32 Å². The Bertz CT molecular complexity index is 359. The lowest BCUT2D eigenvalue weighted by atomic mass is 9.87. The van der Waals surface area contributed by atoms with Gasteiger partial charge in [-0.05, 0) is 38.5 Å². The molecule has 1 N–H and O–H groups in total. The molecule has 1 saturated carbocycles. The second kappa shape index (κ2) is 5.51. The molecule has 19 heavy (non-hydrogen) atoms. The van der Waals surface area contributed by atoms with Gasteiger partial charge in [0.05, 0.1) is 0 Å². The van der Waals surface area contributed by atoms with Crippen molar-refractivity contribution in [1.29, 1.82) is 0 Å². The molecule has 1 saturated heterocycles. The zero-order chi connectivity index (χ0) is 14.0. The summed E-state index contributed by atoms with van der Waals surface area (Å²) in [5, 5.41) is 2.94. The van der Waals surface area contributed by atoms with Crippen LogP contribution >= 0.6 is 0 Å². The van der Waals surface area contributed by atoms with E-state index in [0.717, 1.165) is 18.9 Å². The minimum absolute atomic E-state index is 0.00489. The van der Waals surface area contributed by atoms with Crippen molar-refractivity contribution in [2.45, 2.75) is 70.9 Å². The molecule has 0 aromatic rings. The molecule has 0 bridgehead atoms. The highest BCUT2D eigenvalue weighted by Gasteiger charge is 2.47. The van der Waals surface area contributed by atoms with Gasteiger partial charge in [-0.15, -0.1) is 0 Å². The Labute approximate surface area is 115 Å². The second-order valence-corrected chi connectivity index (χ2v) is 6.04. The number of piperazine rings is 1. The molecule has 2 fully saturated rings. The van der Waals surface area contributed by atoms with E-state index in [1.807, 2.05) is 20.8 Å². The van der Waals surface area contributed by atoms with Gasteiger partial charge in [0.15, 0.2) is 0 Å². The number of carbonyl (C=O) groups is 2. The van der Waals surface area contributed by atoms with Crippen molar-refractivity contribution in [3.05, 3.63) is 0 Å². The van der Waals surface area contributed by atoms with Crippen molar-refractivity contribution >= 4 is 11.8 Å². The highest BCUT2D eigenvalue weighted by atomic mass is 16.2. The molecule has 108 valence electrons. The molecule has 4 heteroatoms. The van der Waals surface area contributed by atoms with Crippen molar-refractivity contribution in [1.82, 2.24) is 10.2 Å². The highest BCUT2D eigenvalue weighted by molar-refractivity contribution is 5.99. The number of rotatable bonds is 6. The standard InChI is InChI=1S/C15H26N2O2/c1-4-15(5-2)14(19)17(11(3)13(18)16-15)10-6-7-12-8-9-12/h11-12H,4-10H2,1-3H3,(H,16,18). The third kappa shape index (κ3) is 2.77. The SMILES string of the molecule is CCC1(CC)NC(=O)C(C)N(CCCC2CC2)C1=O. The van der Waals surface area contributed by atoms with E-state index in [1.165, 1.54) is 19.3 Å². The van der Waals surface area contributed by atoms with Crippen LogP contribution in [0, 0.1) is 5.92 Å². The number of amides is 2. The Balaban J connectivity index is 2.04. The maximum absolute atomic E-state index is 12.7. The average Bonchev–Trinajstić information content (AvgIpc) is 3.22. The van der Waals surface area contributed by atoms with E-state index in [4.69, 9.17) is 0 Å². The Morgan fingerprint density at radius 2 is 1.89 bits per heavy atom. The molecule has 2 rings (SSSR count). The summed E-state index contributed by atoms with van der Waals surface area (Å²) in [6, 6.07) is -0.321. The van der Waals surface area contributed by atoms with Crippen LogP contribution in [0.2, 0.25) is 0 Å². The summed E-state index contributed by atoms with van der Waals surface area (Å²) < 4.78 is 0. The van der Waals surface area contributed by atoms with Gasteiger partial charge >= 0.3 is 0 Å². The van der Waals surface area contributed by atoms with Gasteiger partial charge in [-0.2, -0.15) is 0 Å². The number of hydrogen-bond donors (Lipinski definition) is 1. The van der Waals surface area contributed by atoms with Crippen LogP contribution in [0.1, 0.15) is 59.3 Å². The second-order valence-electron chi connectivity index (χ2n) is 6.04. The molecule has 0 radical (unpaired) electrons. The quantitative estimate of drug-likeness (QED) is 0.800. The van der Waals surface area contributed by atoms with E-state index >= 15 is 0 Å². The van der Waals surface area contributed by atoms with Gasteiger partial charge in [0.2, 0.25) is 11.8 Å². The lowest BCUT2D eigenvalue weighted by molar-refractivity contribution is -0.154. The molecule has 2 aliphatic rings. The fraction of sp³-hybridized carbons (Fsp3) is 0.867. The van der Waals surface area contributed by atoms with Crippen LogP contribution in [-0.2, 0) is 9.59 Å². The lowest BCUT2D eigenvalue weighted by Gasteiger charge is -2.44. The summed E-state index contributed by atoms with van der Waals surface area (Å²) >= 11 is 0. The summed E-state index contributed by atoms with van der Waals surface area (Å²) in [7, 11) is 0. The van der Waals surface area contributed by atoms with Crippen LogP contribution in [-0.4, -0.2) is 34.8 Å². The Morgan fingerprint density at radius 3 is 2.42 bits per heavy atom. The van der Waals surface area contributed by atoms with Gasteiger partial charge in [-0.25, -0.2) is 0 Å². The third-order valence-electron chi connectivity index (χ3n) is 4.80. The molecule has 2 amide bonds.